The second kappa shape index (κ2) is 9.12. The van der Waals surface area contributed by atoms with Gasteiger partial charge in [0.2, 0.25) is 0 Å². The first-order valence-corrected chi connectivity index (χ1v) is 8.61. The Labute approximate surface area is 152 Å². The summed E-state index contributed by atoms with van der Waals surface area (Å²) >= 11 is 0. The highest BCUT2D eigenvalue weighted by molar-refractivity contribution is 5.80. The van der Waals surface area contributed by atoms with Crippen LogP contribution < -0.4 is 19.5 Å². The van der Waals surface area contributed by atoms with Crippen LogP contribution in [0.1, 0.15) is 0 Å². The number of methoxy groups -OCH3 is 1. The first-order valence-electron chi connectivity index (χ1n) is 8.61. The molecule has 3 N–H and O–H groups in total. The molecule has 1 atom stereocenters. The summed E-state index contributed by atoms with van der Waals surface area (Å²) in [6, 6.07) is 15.3. The lowest BCUT2D eigenvalue weighted by molar-refractivity contribution is 0.105. The van der Waals surface area contributed by atoms with Gasteiger partial charge in [0.15, 0.2) is 11.5 Å². The number of ether oxygens (including phenoxy) is 3. The molecule has 6 nitrogen and oxygen atoms in total. The maximum atomic E-state index is 10.0. The fraction of sp³-hybridized carbons (Fsp3) is 0.300. The average Bonchev–Trinajstić information content (AvgIpc) is 3.14. The lowest BCUT2D eigenvalue weighted by Crippen LogP contribution is -2.33. The average molecular weight is 356 g/mol. The molecule has 26 heavy (non-hydrogen) atoms. The summed E-state index contributed by atoms with van der Waals surface area (Å²) in [5, 5.41) is 14.3. The van der Waals surface area contributed by atoms with Crippen molar-refractivity contribution in [2.45, 2.75) is 6.10 Å². The van der Waals surface area contributed by atoms with Crippen LogP contribution in [-0.2, 0) is 0 Å². The summed E-state index contributed by atoms with van der Waals surface area (Å²) in [4.78, 5) is 3.14. The zero-order valence-electron chi connectivity index (χ0n) is 14.8. The van der Waals surface area contributed by atoms with Crippen molar-refractivity contribution in [1.29, 1.82) is 0 Å². The van der Waals surface area contributed by atoms with Gasteiger partial charge < -0.3 is 29.6 Å². The maximum Gasteiger partial charge on any atom is 0.161 e. The SMILES string of the molecule is COc1ccccc1OCCNCC(O)COc1ccc2[nH]ccc2c1. The number of H-pyrrole nitrogens is 1. The number of nitrogens with one attached hydrogen (secondary N) is 2. The molecular weight excluding hydrogens is 332 g/mol. The van der Waals surface area contributed by atoms with E-state index in [1.54, 1.807) is 7.11 Å². The Hall–Kier alpha value is -2.70. The van der Waals surface area contributed by atoms with E-state index in [1.165, 1.54) is 0 Å². The summed E-state index contributed by atoms with van der Waals surface area (Å²) in [5.41, 5.74) is 1.06. The molecule has 1 heterocycles. The van der Waals surface area contributed by atoms with Gasteiger partial charge in [-0.15, -0.1) is 0 Å². The number of para-hydroxylation sites is 2. The van der Waals surface area contributed by atoms with Gasteiger partial charge in [-0.25, -0.2) is 0 Å². The van der Waals surface area contributed by atoms with Crippen LogP contribution >= 0.6 is 0 Å². The van der Waals surface area contributed by atoms with Crippen LogP contribution in [0.2, 0.25) is 0 Å². The molecule has 0 saturated heterocycles. The van der Waals surface area contributed by atoms with Gasteiger partial charge in [0, 0.05) is 30.2 Å². The van der Waals surface area contributed by atoms with Gasteiger partial charge in [0.1, 0.15) is 25.1 Å². The fourth-order valence-electron chi connectivity index (χ4n) is 2.61. The zero-order valence-corrected chi connectivity index (χ0v) is 14.8. The van der Waals surface area contributed by atoms with E-state index in [1.807, 2.05) is 54.7 Å². The first kappa shape index (κ1) is 18.1. The number of benzene rings is 2. The Morgan fingerprint density at radius 2 is 1.92 bits per heavy atom. The summed E-state index contributed by atoms with van der Waals surface area (Å²) in [7, 11) is 1.62. The molecule has 3 rings (SSSR count). The number of aromatic amines is 1. The number of hydrogen-bond acceptors (Lipinski definition) is 5. The Kier molecular flexibility index (Phi) is 6.35. The summed E-state index contributed by atoms with van der Waals surface area (Å²) in [5.74, 6) is 2.16. The predicted octanol–water partition coefficient (Wildman–Crippen LogP) is 2.58. The van der Waals surface area contributed by atoms with Crippen molar-refractivity contribution in [2.75, 3.05) is 33.4 Å². The fourth-order valence-corrected chi connectivity index (χ4v) is 2.61. The van der Waals surface area contributed by atoms with Crippen LogP contribution in [0, 0.1) is 0 Å². The molecule has 3 aromatic rings. The number of aliphatic hydroxyl groups is 1. The molecular formula is C20H24N2O4. The summed E-state index contributed by atoms with van der Waals surface area (Å²) in [6.07, 6.45) is 1.29. The highest BCUT2D eigenvalue weighted by Gasteiger charge is 2.06. The topological polar surface area (TPSA) is 75.7 Å². The molecule has 138 valence electrons. The minimum atomic E-state index is -0.594. The van der Waals surface area contributed by atoms with Crippen LogP contribution in [0.4, 0.5) is 0 Å². The second-order valence-corrected chi connectivity index (χ2v) is 5.90. The van der Waals surface area contributed by atoms with E-state index in [0.717, 1.165) is 16.7 Å². The molecule has 0 bridgehead atoms. The Morgan fingerprint density at radius 3 is 2.77 bits per heavy atom. The Bertz CT molecular complexity index is 818. The molecule has 1 aromatic heterocycles. The zero-order chi connectivity index (χ0) is 18.2. The van der Waals surface area contributed by atoms with E-state index < -0.39 is 6.10 Å². The molecule has 1 unspecified atom stereocenters. The third-order valence-electron chi connectivity index (χ3n) is 3.95. The standard InChI is InChI=1S/C20H24N2O4/c1-24-19-4-2-3-5-20(19)25-11-10-21-13-16(23)14-26-17-6-7-18-15(12-17)8-9-22-18/h2-9,12,16,21-23H,10-11,13-14H2,1H3. The lowest BCUT2D eigenvalue weighted by atomic mass is 10.2. The van der Waals surface area contributed by atoms with Crippen molar-refractivity contribution in [2.24, 2.45) is 0 Å². The molecule has 0 aliphatic rings. The molecule has 0 saturated carbocycles. The van der Waals surface area contributed by atoms with Gasteiger partial charge in [-0.3, -0.25) is 0 Å². The van der Waals surface area contributed by atoms with E-state index in [-0.39, 0.29) is 6.61 Å². The van der Waals surface area contributed by atoms with E-state index >= 15 is 0 Å². The molecule has 0 aliphatic heterocycles. The quantitative estimate of drug-likeness (QED) is 0.487. The van der Waals surface area contributed by atoms with Crippen LogP contribution in [0.5, 0.6) is 17.2 Å². The Balaban J connectivity index is 1.33. The molecule has 6 heteroatoms. The molecule has 0 aliphatic carbocycles. The summed E-state index contributed by atoms with van der Waals surface area (Å²) in [6.45, 7) is 1.76. The molecule has 0 fully saturated rings. The van der Waals surface area contributed by atoms with E-state index in [2.05, 4.69) is 10.3 Å². The predicted molar refractivity (Wildman–Crippen MR) is 101 cm³/mol. The third kappa shape index (κ3) is 4.91. The number of hydrogen-bond donors (Lipinski definition) is 3. The van der Waals surface area contributed by atoms with E-state index in [0.29, 0.717) is 31.2 Å². The van der Waals surface area contributed by atoms with Gasteiger partial charge in [0.25, 0.3) is 0 Å². The van der Waals surface area contributed by atoms with Gasteiger partial charge in [-0.05, 0) is 36.4 Å². The monoisotopic (exact) mass is 356 g/mol. The molecule has 0 amide bonds. The number of aliphatic hydroxyl groups excluding tert-OH is 1. The highest BCUT2D eigenvalue weighted by atomic mass is 16.5. The molecule has 0 radical (unpaired) electrons. The second-order valence-electron chi connectivity index (χ2n) is 5.90. The third-order valence-corrected chi connectivity index (χ3v) is 3.95. The van der Waals surface area contributed by atoms with Gasteiger partial charge in [-0.1, -0.05) is 12.1 Å². The maximum absolute atomic E-state index is 10.0. The Morgan fingerprint density at radius 1 is 1.08 bits per heavy atom. The molecule has 2 aromatic carbocycles. The van der Waals surface area contributed by atoms with Crippen molar-refractivity contribution in [1.82, 2.24) is 10.3 Å². The van der Waals surface area contributed by atoms with Crippen LogP contribution in [0.15, 0.2) is 54.7 Å². The van der Waals surface area contributed by atoms with Crippen molar-refractivity contribution in [3.63, 3.8) is 0 Å². The number of aromatic nitrogens is 1. The van der Waals surface area contributed by atoms with Crippen LogP contribution in [0.25, 0.3) is 10.9 Å². The van der Waals surface area contributed by atoms with Crippen molar-refractivity contribution in [3.8, 4) is 17.2 Å². The van der Waals surface area contributed by atoms with Crippen molar-refractivity contribution in [3.05, 3.63) is 54.7 Å². The van der Waals surface area contributed by atoms with Gasteiger partial charge in [0.05, 0.1) is 7.11 Å². The highest BCUT2D eigenvalue weighted by Crippen LogP contribution is 2.25. The number of rotatable bonds is 10. The first-order chi connectivity index (χ1) is 12.8. The minimum Gasteiger partial charge on any atom is -0.493 e. The smallest absolute Gasteiger partial charge is 0.161 e. The number of fused-ring (bicyclic) bond motifs is 1. The largest absolute Gasteiger partial charge is 0.493 e. The minimum absolute atomic E-state index is 0.232. The van der Waals surface area contributed by atoms with Gasteiger partial charge >= 0.3 is 0 Å². The van der Waals surface area contributed by atoms with Crippen LogP contribution in [-0.4, -0.2) is 49.6 Å². The van der Waals surface area contributed by atoms with Crippen molar-refractivity contribution >= 4 is 10.9 Å². The van der Waals surface area contributed by atoms with E-state index in [4.69, 9.17) is 14.2 Å². The van der Waals surface area contributed by atoms with Crippen molar-refractivity contribution < 1.29 is 19.3 Å². The normalized spacial score (nSPS) is 12.1. The van der Waals surface area contributed by atoms with Crippen LogP contribution in [0.3, 0.4) is 0 Å². The summed E-state index contributed by atoms with van der Waals surface area (Å²) < 4.78 is 16.6. The van der Waals surface area contributed by atoms with E-state index in [9.17, 15) is 5.11 Å². The molecule has 0 spiro atoms. The van der Waals surface area contributed by atoms with Gasteiger partial charge in [-0.2, -0.15) is 0 Å². The lowest BCUT2D eigenvalue weighted by Gasteiger charge is -2.14.